The van der Waals surface area contributed by atoms with Crippen LogP contribution in [0.3, 0.4) is 0 Å². The molecular formula is C24H23N5O3S2. The number of thiocarbonyl (C=S) groups is 1. The first kappa shape index (κ1) is 22.4. The minimum Gasteiger partial charge on any atom is -0.497 e. The van der Waals surface area contributed by atoms with E-state index in [4.69, 9.17) is 21.9 Å². The molecule has 4 heterocycles. The highest BCUT2D eigenvalue weighted by Gasteiger charge is 2.26. The first-order chi connectivity index (χ1) is 16.4. The molecule has 8 nitrogen and oxygen atoms in total. The van der Waals surface area contributed by atoms with E-state index in [0.29, 0.717) is 39.3 Å². The Balaban J connectivity index is 1.50. The van der Waals surface area contributed by atoms with Gasteiger partial charge in [-0.1, -0.05) is 30.0 Å². The van der Waals surface area contributed by atoms with Crippen molar-refractivity contribution in [3.63, 3.8) is 0 Å². The third kappa shape index (κ3) is 4.26. The predicted molar refractivity (Wildman–Crippen MR) is 140 cm³/mol. The molecule has 2 aliphatic rings. The van der Waals surface area contributed by atoms with E-state index in [1.54, 1.807) is 19.4 Å². The smallest absolute Gasteiger partial charge is 0.267 e. The number of aryl methyl sites for hydroxylation is 1. The van der Waals surface area contributed by atoms with Crippen LogP contribution in [0.4, 0.5) is 11.5 Å². The Morgan fingerprint density at radius 3 is 2.41 bits per heavy atom. The Bertz CT molecular complexity index is 1380. The second-order valence-corrected chi connectivity index (χ2v) is 9.83. The molecule has 0 unspecified atom stereocenters. The van der Waals surface area contributed by atoms with Crippen LogP contribution < -0.4 is 25.4 Å². The van der Waals surface area contributed by atoms with Crippen LogP contribution in [-0.2, 0) is 4.79 Å². The lowest BCUT2D eigenvalue weighted by Gasteiger charge is -2.37. The number of anilines is 2. The fourth-order valence-electron chi connectivity index (χ4n) is 4.14. The molecule has 0 saturated carbocycles. The highest BCUT2D eigenvalue weighted by atomic mass is 32.2. The quantitative estimate of drug-likeness (QED) is 0.439. The second kappa shape index (κ2) is 9.11. The van der Waals surface area contributed by atoms with Gasteiger partial charge in [0.1, 0.15) is 21.5 Å². The summed E-state index contributed by atoms with van der Waals surface area (Å²) in [5, 5.41) is 2.61. The topological polar surface area (TPSA) is 79.2 Å². The number of ether oxygens (including phenoxy) is 1. The van der Waals surface area contributed by atoms with E-state index in [0.717, 1.165) is 41.9 Å². The van der Waals surface area contributed by atoms with Gasteiger partial charge in [0, 0.05) is 38.1 Å². The normalized spacial score (nSPS) is 17.5. The van der Waals surface area contributed by atoms with Gasteiger partial charge in [-0.3, -0.25) is 14.0 Å². The number of rotatable bonds is 4. The molecule has 0 radical (unpaired) electrons. The minimum absolute atomic E-state index is 0.208. The number of thioether (sulfide) groups is 1. The Kier molecular flexibility index (Phi) is 6.01. The third-order valence-corrected chi connectivity index (χ3v) is 7.08. The van der Waals surface area contributed by atoms with E-state index >= 15 is 0 Å². The molecule has 34 heavy (non-hydrogen) atoms. The Morgan fingerprint density at radius 1 is 1.06 bits per heavy atom. The number of amides is 1. The Morgan fingerprint density at radius 2 is 1.76 bits per heavy atom. The van der Waals surface area contributed by atoms with Crippen LogP contribution in [0.5, 0.6) is 5.75 Å². The summed E-state index contributed by atoms with van der Waals surface area (Å²) in [4.78, 5) is 35.5. The lowest BCUT2D eigenvalue weighted by Crippen LogP contribution is -2.47. The maximum Gasteiger partial charge on any atom is 0.267 e. The monoisotopic (exact) mass is 493 g/mol. The fourth-order valence-corrected chi connectivity index (χ4v) is 5.16. The number of carbonyl (C=O) groups excluding carboxylic acids is 1. The number of carbonyl (C=O) groups is 1. The first-order valence-electron chi connectivity index (χ1n) is 10.8. The first-order valence-corrected chi connectivity index (χ1v) is 12.1. The van der Waals surface area contributed by atoms with Gasteiger partial charge in [-0.25, -0.2) is 4.98 Å². The molecule has 1 aromatic carbocycles. The maximum atomic E-state index is 13.5. The number of methoxy groups -OCH3 is 1. The number of piperazine rings is 1. The average Bonchev–Trinajstić information content (AvgIpc) is 3.17. The third-order valence-electron chi connectivity index (χ3n) is 5.92. The number of nitrogens with zero attached hydrogens (tertiary/aromatic N) is 4. The van der Waals surface area contributed by atoms with Crippen molar-refractivity contribution < 1.29 is 9.53 Å². The molecule has 1 amide bonds. The Hall–Kier alpha value is -3.37. The predicted octanol–water partition coefficient (Wildman–Crippen LogP) is 2.83. The van der Waals surface area contributed by atoms with Crippen LogP contribution in [0.15, 0.2) is 52.3 Å². The van der Waals surface area contributed by atoms with E-state index in [-0.39, 0.29) is 11.5 Å². The summed E-state index contributed by atoms with van der Waals surface area (Å²) in [7, 11) is 1.66. The van der Waals surface area contributed by atoms with Gasteiger partial charge >= 0.3 is 0 Å². The van der Waals surface area contributed by atoms with Crippen LogP contribution in [0.2, 0.25) is 0 Å². The van der Waals surface area contributed by atoms with Crippen molar-refractivity contribution in [1.82, 2.24) is 14.7 Å². The van der Waals surface area contributed by atoms with E-state index in [1.807, 2.05) is 43.3 Å². The summed E-state index contributed by atoms with van der Waals surface area (Å²) in [6.45, 7) is 4.85. The standard InChI is InChI=1S/C24H23N5O3S2/c1-15-3-8-20-25-21(18(23(31)29(20)14-15)13-19-22(30)26-24(33)34-19)28-11-9-27(10-12-28)16-4-6-17(32-2)7-5-16/h3-8,13-14H,9-12H2,1-2H3,(H,26,30,33). The summed E-state index contributed by atoms with van der Waals surface area (Å²) < 4.78 is 7.18. The van der Waals surface area contributed by atoms with Crippen LogP contribution in [0.25, 0.3) is 11.7 Å². The zero-order valence-corrected chi connectivity index (χ0v) is 20.4. The zero-order valence-electron chi connectivity index (χ0n) is 18.8. The van der Waals surface area contributed by atoms with Gasteiger partial charge < -0.3 is 19.9 Å². The second-order valence-electron chi connectivity index (χ2n) is 8.11. The summed E-state index contributed by atoms with van der Waals surface area (Å²) in [6, 6.07) is 11.8. The number of aromatic nitrogens is 2. The SMILES string of the molecule is COc1ccc(N2CCN(c3nc4ccc(C)cn4c(=O)c3C=C3SC(=S)NC3=O)CC2)cc1. The van der Waals surface area contributed by atoms with E-state index in [2.05, 4.69) is 15.1 Å². The lowest BCUT2D eigenvalue weighted by molar-refractivity contribution is -0.115. The number of benzene rings is 1. The van der Waals surface area contributed by atoms with Crippen molar-refractivity contribution in [3.8, 4) is 5.75 Å². The van der Waals surface area contributed by atoms with Crippen molar-refractivity contribution in [3.05, 3.63) is 69.0 Å². The highest BCUT2D eigenvalue weighted by molar-refractivity contribution is 8.26. The molecule has 3 aromatic rings. The van der Waals surface area contributed by atoms with E-state index in [1.165, 1.54) is 4.40 Å². The van der Waals surface area contributed by atoms with Gasteiger partial charge in [-0.2, -0.15) is 0 Å². The number of hydrogen-bond donors (Lipinski definition) is 1. The number of pyridine rings is 1. The largest absolute Gasteiger partial charge is 0.497 e. The molecule has 0 bridgehead atoms. The summed E-state index contributed by atoms with van der Waals surface area (Å²) >= 11 is 6.28. The fraction of sp³-hybridized carbons (Fsp3) is 0.250. The van der Waals surface area contributed by atoms with Gasteiger partial charge in [0.2, 0.25) is 0 Å². The average molecular weight is 494 g/mol. The molecule has 2 aliphatic heterocycles. The highest BCUT2D eigenvalue weighted by Crippen LogP contribution is 2.29. The van der Waals surface area contributed by atoms with Crippen LogP contribution in [-0.4, -0.2) is 52.9 Å². The van der Waals surface area contributed by atoms with Gasteiger partial charge in [0.15, 0.2) is 0 Å². The summed E-state index contributed by atoms with van der Waals surface area (Å²) in [5.74, 6) is 1.12. The van der Waals surface area contributed by atoms with Crippen molar-refractivity contribution in [2.45, 2.75) is 6.92 Å². The van der Waals surface area contributed by atoms with Gasteiger partial charge in [0.25, 0.3) is 11.5 Å². The zero-order chi connectivity index (χ0) is 23.8. The molecule has 2 fully saturated rings. The number of nitrogens with one attached hydrogen (secondary N) is 1. The summed E-state index contributed by atoms with van der Waals surface area (Å²) in [5.41, 5.74) is 2.83. The van der Waals surface area contributed by atoms with Gasteiger partial charge in [-0.15, -0.1) is 0 Å². The van der Waals surface area contributed by atoms with Crippen LogP contribution in [0.1, 0.15) is 11.1 Å². The molecular weight excluding hydrogens is 470 g/mol. The maximum absolute atomic E-state index is 13.5. The Labute approximate surface area is 206 Å². The number of fused-ring (bicyclic) bond motifs is 1. The lowest BCUT2D eigenvalue weighted by atomic mass is 10.2. The van der Waals surface area contributed by atoms with Gasteiger partial charge in [-0.05, 0) is 48.9 Å². The molecule has 0 spiro atoms. The van der Waals surface area contributed by atoms with Crippen molar-refractivity contribution in [2.24, 2.45) is 0 Å². The molecule has 5 rings (SSSR count). The molecule has 1 N–H and O–H groups in total. The van der Waals surface area contributed by atoms with Crippen molar-refractivity contribution in [2.75, 3.05) is 43.1 Å². The molecule has 0 aliphatic carbocycles. The molecule has 2 saturated heterocycles. The van der Waals surface area contributed by atoms with E-state index < -0.39 is 0 Å². The molecule has 10 heteroatoms. The van der Waals surface area contributed by atoms with Crippen molar-refractivity contribution in [1.29, 1.82) is 0 Å². The van der Waals surface area contributed by atoms with Gasteiger partial charge in [0.05, 0.1) is 17.6 Å². The number of hydrogen-bond acceptors (Lipinski definition) is 8. The van der Waals surface area contributed by atoms with Crippen molar-refractivity contribution >= 4 is 57.4 Å². The van der Waals surface area contributed by atoms with Crippen LogP contribution >= 0.6 is 24.0 Å². The summed E-state index contributed by atoms with van der Waals surface area (Å²) in [6.07, 6.45) is 3.39. The van der Waals surface area contributed by atoms with E-state index in [9.17, 15) is 9.59 Å². The molecule has 2 aromatic heterocycles. The van der Waals surface area contributed by atoms with Crippen LogP contribution in [0, 0.1) is 6.92 Å². The minimum atomic E-state index is -0.293. The molecule has 174 valence electrons. The molecule has 0 atom stereocenters.